The molecule has 4 nitrogen and oxygen atoms in total. The average molecular weight is 237 g/mol. The molecule has 0 unspecified atom stereocenters. The highest BCUT2D eigenvalue weighted by Gasteiger charge is 2.08. The maximum atomic E-state index is 11.6. The van der Waals surface area contributed by atoms with Crippen molar-refractivity contribution in [3.05, 3.63) is 41.8 Å². The highest BCUT2D eigenvalue weighted by atomic mass is 35.5. The number of aromatic nitrogens is 1. The minimum absolute atomic E-state index is 0.0682. The molecule has 0 aliphatic heterocycles. The van der Waals surface area contributed by atoms with Crippen LogP contribution in [0.15, 0.2) is 35.3 Å². The molecule has 1 amide bonds. The molecule has 0 aliphatic carbocycles. The summed E-state index contributed by atoms with van der Waals surface area (Å²) >= 11 is 5.61. The third-order valence-corrected chi connectivity index (χ3v) is 2.19. The van der Waals surface area contributed by atoms with Crippen molar-refractivity contribution in [2.45, 2.75) is 0 Å². The van der Waals surface area contributed by atoms with Crippen LogP contribution in [0.2, 0.25) is 5.35 Å². The van der Waals surface area contributed by atoms with Crippen molar-refractivity contribution in [1.29, 1.82) is 0 Å². The van der Waals surface area contributed by atoms with E-state index in [4.69, 9.17) is 16.0 Å². The third kappa shape index (κ3) is 2.06. The molecule has 0 aliphatic rings. The van der Waals surface area contributed by atoms with Crippen LogP contribution < -0.4 is 5.32 Å². The summed E-state index contributed by atoms with van der Waals surface area (Å²) in [4.78, 5) is 15.5. The first-order valence-corrected chi connectivity index (χ1v) is 5.03. The number of hydrogen-bond donors (Lipinski definition) is 1. The molecule has 0 spiro atoms. The number of carbonyl (C=O) groups excluding carboxylic acids is 1. The Morgan fingerprint density at radius 1 is 1.62 bits per heavy atom. The number of benzene rings is 1. The zero-order valence-electron chi connectivity index (χ0n) is 8.37. The van der Waals surface area contributed by atoms with Crippen molar-refractivity contribution >= 4 is 28.6 Å². The summed E-state index contributed by atoms with van der Waals surface area (Å²) in [6.07, 6.45) is 1.61. The molecule has 2 aromatic rings. The van der Waals surface area contributed by atoms with Crippen molar-refractivity contribution in [1.82, 2.24) is 10.3 Å². The monoisotopic (exact) mass is 236 g/mol. The van der Waals surface area contributed by atoms with Crippen LogP contribution in [0.1, 0.15) is 10.4 Å². The zero-order chi connectivity index (χ0) is 11.5. The Morgan fingerprint density at radius 3 is 3.19 bits per heavy atom. The van der Waals surface area contributed by atoms with Gasteiger partial charge in [-0.25, -0.2) is 0 Å². The number of nitrogens with zero attached hydrogens (tertiary/aromatic N) is 1. The molecular weight excluding hydrogens is 228 g/mol. The van der Waals surface area contributed by atoms with E-state index in [1.165, 1.54) is 0 Å². The predicted octanol–water partition coefficient (Wildman–Crippen LogP) is 2.40. The van der Waals surface area contributed by atoms with Crippen molar-refractivity contribution in [2.75, 3.05) is 6.54 Å². The largest absolute Gasteiger partial charge is 0.428 e. The molecule has 1 heterocycles. The van der Waals surface area contributed by atoms with Gasteiger partial charge >= 0.3 is 0 Å². The molecule has 1 aromatic carbocycles. The summed E-state index contributed by atoms with van der Waals surface area (Å²) in [6, 6.07) is 4.96. The fourth-order valence-corrected chi connectivity index (χ4v) is 1.48. The van der Waals surface area contributed by atoms with E-state index in [2.05, 4.69) is 16.9 Å². The number of oxazole rings is 1. The Balaban J connectivity index is 2.31. The molecule has 0 atom stereocenters. The number of nitrogens with one attached hydrogen (secondary N) is 1. The maximum absolute atomic E-state index is 11.6. The lowest BCUT2D eigenvalue weighted by atomic mass is 10.2. The summed E-state index contributed by atoms with van der Waals surface area (Å²) in [5, 5.41) is 2.74. The molecule has 16 heavy (non-hydrogen) atoms. The highest BCUT2D eigenvalue weighted by molar-refractivity contribution is 6.28. The number of carbonyl (C=O) groups is 1. The van der Waals surface area contributed by atoms with Crippen molar-refractivity contribution < 1.29 is 9.21 Å². The molecule has 5 heteroatoms. The molecule has 0 fully saturated rings. The molecule has 0 radical (unpaired) electrons. The van der Waals surface area contributed by atoms with Crippen molar-refractivity contribution in [3.8, 4) is 0 Å². The van der Waals surface area contributed by atoms with Gasteiger partial charge in [0.2, 0.25) is 0 Å². The van der Waals surface area contributed by atoms with Gasteiger partial charge in [0, 0.05) is 12.1 Å². The predicted molar refractivity (Wildman–Crippen MR) is 61.5 cm³/mol. The maximum Gasteiger partial charge on any atom is 0.293 e. The smallest absolute Gasteiger partial charge is 0.293 e. The number of rotatable bonds is 3. The number of halogens is 1. The highest BCUT2D eigenvalue weighted by Crippen LogP contribution is 2.19. The van der Waals surface area contributed by atoms with Crippen LogP contribution in [0.5, 0.6) is 0 Å². The summed E-state index contributed by atoms with van der Waals surface area (Å²) in [5.41, 5.74) is 1.63. The van der Waals surface area contributed by atoms with E-state index < -0.39 is 0 Å². The lowest BCUT2D eigenvalue weighted by Gasteiger charge is -2.01. The molecule has 0 saturated heterocycles. The van der Waals surface area contributed by atoms with E-state index in [1.807, 2.05) is 0 Å². The van der Waals surface area contributed by atoms with Gasteiger partial charge in [0.05, 0.1) is 0 Å². The lowest BCUT2D eigenvalue weighted by molar-refractivity contribution is 0.0958. The first-order chi connectivity index (χ1) is 7.70. The van der Waals surface area contributed by atoms with Crippen LogP contribution in [-0.4, -0.2) is 17.4 Å². The second kappa shape index (κ2) is 4.37. The van der Waals surface area contributed by atoms with Crippen LogP contribution in [0.3, 0.4) is 0 Å². The van der Waals surface area contributed by atoms with Crippen LogP contribution in [0, 0.1) is 0 Å². The fraction of sp³-hybridized carbons (Fsp3) is 0.0909. The number of fused-ring (bicyclic) bond motifs is 1. The van der Waals surface area contributed by atoms with Gasteiger partial charge in [-0.2, -0.15) is 4.98 Å². The quantitative estimate of drug-likeness (QED) is 0.833. The minimum Gasteiger partial charge on any atom is -0.428 e. The Hall–Kier alpha value is -1.81. The summed E-state index contributed by atoms with van der Waals surface area (Å²) in [6.45, 7) is 3.94. The van der Waals surface area contributed by atoms with Gasteiger partial charge in [0.25, 0.3) is 11.3 Å². The molecular formula is C11H9ClN2O2. The van der Waals surface area contributed by atoms with E-state index in [-0.39, 0.29) is 11.3 Å². The second-order valence-corrected chi connectivity index (χ2v) is 3.47. The zero-order valence-corrected chi connectivity index (χ0v) is 9.12. The van der Waals surface area contributed by atoms with Crippen LogP contribution in [-0.2, 0) is 0 Å². The number of amides is 1. The Bertz CT molecular complexity index is 548. The van der Waals surface area contributed by atoms with Crippen molar-refractivity contribution in [2.24, 2.45) is 0 Å². The summed E-state index contributed by atoms with van der Waals surface area (Å²) in [5.74, 6) is -0.186. The molecule has 1 aromatic heterocycles. The Labute approximate surface area is 96.9 Å². The first-order valence-electron chi connectivity index (χ1n) is 4.66. The van der Waals surface area contributed by atoms with E-state index in [0.717, 1.165) is 0 Å². The van der Waals surface area contributed by atoms with E-state index in [1.54, 1.807) is 24.3 Å². The average Bonchev–Trinajstić information content (AvgIpc) is 2.64. The molecule has 82 valence electrons. The SMILES string of the molecule is C=CCNC(=O)c1ccc2nc(Cl)oc2c1. The molecule has 0 bridgehead atoms. The van der Waals surface area contributed by atoms with Crippen LogP contribution in [0.4, 0.5) is 0 Å². The lowest BCUT2D eigenvalue weighted by Crippen LogP contribution is -2.22. The van der Waals surface area contributed by atoms with Gasteiger partial charge in [-0.3, -0.25) is 4.79 Å². The molecule has 1 N–H and O–H groups in total. The Morgan fingerprint density at radius 2 is 2.44 bits per heavy atom. The topological polar surface area (TPSA) is 55.1 Å². The van der Waals surface area contributed by atoms with Crippen LogP contribution in [0.25, 0.3) is 11.1 Å². The first kappa shape index (κ1) is 10.7. The van der Waals surface area contributed by atoms with E-state index in [0.29, 0.717) is 23.2 Å². The van der Waals surface area contributed by atoms with Gasteiger partial charge < -0.3 is 9.73 Å². The molecule has 0 saturated carbocycles. The van der Waals surface area contributed by atoms with Crippen molar-refractivity contribution in [3.63, 3.8) is 0 Å². The van der Waals surface area contributed by atoms with E-state index in [9.17, 15) is 4.79 Å². The second-order valence-electron chi connectivity index (χ2n) is 3.15. The normalized spacial score (nSPS) is 10.3. The Kier molecular flexibility index (Phi) is 2.92. The van der Waals surface area contributed by atoms with Crippen LogP contribution >= 0.6 is 11.6 Å². The fourth-order valence-electron chi connectivity index (χ4n) is 1.30. The van der Waals surface area contributed by atoms with E-state index >= 15 is 0 Å². The third-order valence-electron chi connectivity index (χ3n) is 2.03. The molecule has 2 rings (SSSR count). The summed E-state index contributed by atoms with van der Waals surface area (Å²) in [7, 11) is 0. The minimum atomic E-state index is -0.186. The van der Waals surface area contributed by atoms with Gasteiger partial charge in [0.15, 0.2) is 5.58 Å². The van der Waals surface area contributed by atoms with Gasteiger partial charge in [-0.1, -0.05) is 6.08 Å². The standard InChI is InChI=1S/C11H9ClN2O2/c1-2-5-13-10(15)7-3-4-8-9(6-7)16-11(12)14-8/h2-4,6H,1,5H2,(H,13,15). The van der Waals surface area contributed by atoms with Gasteiger partial charge in [-0.15, -0.1) is 6.58 Å². The van der Waals surface area contributed by atoms with Gasteiger partial charge in [-0.05, 0) is 29.8 Å². The van der Waals surface area contributed by atoms with Gasteiger partial charge in [0.1, 0.15) is 5.52 Å². The number of hydrogen-bond acceptors (Lipinski definition) is 3. The summed E-state index contributed by atoms with van der Waals surface area (Å²) < 4.78 is 5.12.